The Bertz CT molecular complexity index is 913. The van der Waals surface area contributed by atoms with Gasteiger partial charge in [-0.05, 0) is 19.1 Å². The predicted octanol–water partition coefficient (Wildman–Crippen LogP) is 4.04. The van der Waals surface area contributed by atoms with Crippen molar-refractivity contribution >= 4 is 40.6 Å². The van der Waals surface area contributed by atoms with E-state index in [4.69, 9.17) is 16.3 Å². The summed E-state index contributed by atoms with van der Waals surface area (Å²) in [4.78, 5) is 32.6. The van der Waals surface area contributed by atoms with E-state index in [0.29, 0.717) is 15.8 Å². The second-order valence-corrected chi connectivity index (χ2v) is 6.60. The molecule has 0 spiro atoms. The minimum atomic E-state index is -0.998. The Labute approximate surface area is 158 Å². The maximum Gasteiger partial charge on any atom is 0.358 e. The molecule has 0 saturated heterocycles. The van der Waals surface area contributed by atoms with Gasteiger partial charge in [0.25, 0.3) is 5.91 Å². The predicted molar refractivity (Wildman–Crippen MR) is 100 cm³/mol. The van der Waals surface area contributed by atoms with Crippen LogP contribution in [0.15, 0.2) is 54.0 Å². The highest BCUT2D eigenvalue weighted by atomic mass is 35.5. The molecule has 0 aliphatic rings. The minimum Gasteiger partial charge on any atom is -0.448 e. The van der Waals surface area contributed by atoms with E-state index in [1.165, 1.54) is 24.5 Å². The lowest BCUT2D eigenvalue weighted by Crippen LogP contribution is -2.30. The molecule has 3 aromatic rings. The van der Waals surface area contributed by atoms with E-state index < -0.39 is 18.0 Å². The molecule has 26 heavy (non-hydrogen) atoms. The second-order valence-electron chi connectivity index (χ2n) is 5.30. The molecule has 132 valence electrons. The lowest BCUT2D eigenvalue weighted by Gasteiger charge is -2.12. The van der Waals surface area contributed by atoms with E-state index in [9.17, 15) is 9.59 Å². The molecule has 0 bridgehead atoms. The second kappa shape index (κ2) is 8.07. The number of hydrogen-bond donors (Lipinski definition) is 1. The van der Waals surface area contributed by atoms with Gasteiger partial charge in [-0.25, -0.2) is 14.8 Å². The number of nitrogens with one attached hydrogen (secondary N) is 1. The molecule has 3 rings (SSSR count). The maximum atomic E-state index is 12.2. The van der Waals surface area contributed by atoms with Gasteiger partial charge in [0, 0.05) is 17.1 Å². The SMILES string of the molecule is C[C@@H](OC(=O)c1csc(-c2ccccc2)n1)C(=O)Nc1ccc(Cl)cn1. The number of hydrogen-bond acceptors (Lipinski definition) is 6. The molecular weight excluding hydrogens is 374 g/mol. The van der Waals surface area contributed by atoms with E-state index in [1.54, 1.807) is 17.5 Å². The topological polar surface area (TPSA) is 81.2 Å². The summed E-state index contributed by atoms with van der Waals surface area (Å²) in [5.74, 6) is -0.829. The average Bonchev–Trinajstić information content (AvgIpc) is 3.14. The van der Waals surface area contributed by atoms with Gasteiger partial charge in [-0.15, -0.1) is 11.3 Å². The first-order chi connectivity index (χ1) is 12.5. The number of nitrogens with zero attached hydrogens (tertiary/aromatic N) is 2. The van der Waals surface area contributed by atoms with Crippen LogP contribution in [-0.2, 0) is 9.53 Å². The van der Waals surface area contributed by atoms with Crippen molar-refractivity contribution in [3.05, 3.63) is 64.8 Å². The monoisotopic (exact) mass is 387 g/mol. The van der Waals surface area contributed by atoms with E-state index in [0.717, 1.165) is 5.56 Å². The maximum absolute atomic E-state index is 12.2. The first-order valence-electron chi connectivity index (χ1n) is 7.67. The number of halogens is 1. The summed E-state index contributed by atoms with van der Waals surface area (Å²) >= 11 is 7.08. The molecule has 0 unspecified atom stereocenters. The van der Waals surface area contributed by atoms with Gasteiger partial charge in [-0.3, -0.25) is 4.79 Å². The number of amides is 1. The molecule has 2 heterocycles. The number of pyridine rings is 1. The Morgan fingerprint density at radius 1 is 1.19 bits per heavy atom. The number of aromatic nitrogens is 2. The van der Waals surface area contributed by atoms with E-state index >= 15 is 0 Å². The van der Waals surface area contributed by atoms with Crippen LogP contribution in [0.4, 0.5) is 5.82 Å². The number of carbonyl (C=O) groups is 2. The molecule has 8 heteroatoms. The van der Waals surface area contributed by atoms with Crippen LogP contribution in [-0.4, -0.2) is 27.9 Å². The highest BCUT2D eigenvalue weighted by molar-refractivity contribution is 7.13. The van der Waals surface area contributed by atoms with Crippen molar-refractivity contribution in [1.82, 2.24) is 9.97 Å². The van der Waals surface area contributed by atoms with Crippen LogP contribution in [0.25, 0.3) is 10.6 Å². The van der Waals surface area contributed by atoms with E-state index in [-0.39, 0.29) is 5.69 Å². The molecule has 1 aromatic carbocycles. The largest absolute Gasteiger partial charge is 0.448 e. The Hall–Kier alpha value is -2.77. The molecule has 1 N–H and O–H groups in total. The smallest absolute Gasteiger partial charge is 0.358 e. The summed E-state index contributed by atoms with van der Waals surface area (Å²) in [6.45, 7) is 1.48. The molecule has 1 amide bonds. The number of benzene rings is 1. The number of esters is 1. The zero-order valence-corrected chi connectivity index (χ0v) is 15.3. The molecule has 0 fully saturated rings. The van der Waals surface area contributed by atoms with Crippen molar-refractivity contribution in [2.75, 3.05) is 5.32 Å². The summed E-state index contributed by atoms with van der Waals surface area (Å²) in [6, 6.07) is 12.7. The van der Waals surface area contributed by atoms with Crippen LogP contribution in [0.2, 0.25) is 5.02 Å². The molecule has 1 atom stereocenters. The Balaban J connectivity index is 1.61. The standard InChI is InChI=1S/C18H14ClN3O3S/c1-11(16(23)22-15-8-7-13(19)9-20-15)25-18(24)14-10-26-17(21-14)12-5-3-2-4-6-12/h2-11H,1H3,(H,20,22,23)/t11-/m1/s1. The number of rotatable bonds is 5. The third-order valence-corrected chi connectivity index (χ3v) is 4.48. The van der Waals surface area contributed by atoms with Gasteiger partial charge in [0.2, 0.25) is 0 Å². The first kappa shape index (κ1) is 18.0. The van der Waals surface area contributed by atoms with Crippen molar-refractivity contribution in [2.24, 2.45) is 0 Å². The van der Waals surface area contributed by atoms with Crippen LogP contribution >= 0.6 is 22.9 Å². The van der Waals surface area contributed by atoms with Crippen molar-refractivity contribution in [1.29, 1.82) is 0 Å². The van der Waals surface area contributed by atoms with Crippen LogP contribution in [0.3, 0.4) is 0 Å². The number of thiazole rings is 1. The van der Waals surface area contributed by atoms with Gasteiger partial charge in [-0.2, -0.15) is 0 Å². The fourth-order valence-electron chi connectivity index (χ4n) is 2.03. The summed E-state index contributed by atoms with van der Waals surface area (Å²) in [5.41, 5.74) is 1.08. The highest BCUT2D eigenvalue weighted by Crippen LogP contribution is 2.23. The lowest BCUT2D eigenvalue weighted by atomic mass is 10.2. The molecule has 6 nitrogen and oxygen atoms in total. The van der Waals surface area contributed by atoms with Crippen LogP contribution < -0.4 is 5.32 Å². The summed E-state index contributed by atoms with van der Waals surface area (Å²) in [5, 5.41) is 5.33. The minimum absolute atomic E-state index is 0.165. The third-order valence-electron chi connectivity index (χ3n) is 3.37. The number of anilines is 1. The first-order valence-corrected chi connectivity index (χ1v) is 8.93. The van der Waals surface area contributed by atoms with Crippen molar-refractivity contribution < 1.29 is 14.3 Å². The summed E-state index contributed by atoms with van der Waals surface area (Å²) < 4.78 is 5.18. The fraction of sp³-hybridized carbons (Fsp3) is 0.111. The zero-order chi connectivity index (χ0) is 18.5. The van der Waals surface area contributed by atoms with Crippen LogP contribution in [0, 0.1) is 0 Å². The van der Waals surface area contributed by atoms with E-state index in [2.05, 4.69) is 15.3 Å². The van der Waals surface area contributed by atoms with Gasteiger partial charge < -0.3 is 10.1 Å². The summed E-state index contributed by atoms with van der Waals surface area (Å²) in [7, 11) is 0. The van der Waals surface area contributed by atoms with E-state index in [1.807, 2.05) is 30.3 Å². The normalized spacial score (nSPS) is 11.6. The van der Waals surface area contributed by atoms with Gasteiger partial charge in [-0.1, -0.05) is 41.9 Å². The van der Waals surface area contributed by atoms with Crippen LogP contribution in [0.1, 0.15) is 17.4 Å². The third kappa shape index (κ3) is 4.44. The Morgan fingerprint density at radius 2 is 1.96 bits per heavy atom. The van der Waals surface area contributed by atoms with Crippen molar-refractivity contribution in [3.8, 4) is 10.6 Å². The zero-order valence-electron chi connectivity index (χ0n) is 13.7. The molecule has 2 aromatic heterocycles. The number of ether oxygens (including phenoxy) is 1. The van der Waals surface area contributed by atoms with Gasteiger partial charge in [0.1, 0.15) is 10.8 Å². The number of carbonyl (C=O) groups excluding carboxylic acids is 2. The molecule has 0 aliphatic carbocycles. The van der Waals surface area contributed by atoms with Gasteiger partial charge in [0.15, 0.2) is 11.8 Å². The molecule has 0 aliphatic heterocycles. The Morgan fingerprint density at radius 3 is 2.65 bits per heavy atom. The van der Waals surface area contributed by atoms with Gasteiger partial charge >= 0.3 is 5.97 Å². The molecule has 0 radical (unpaired) electrons. The Kier molecular flexibility index (Phi) is 5.60. The van der Waals surface area contributed by atoms with Gasteiger partial charge in [0.05, 0.1) is 5.02 Å². The van der Waals surface area contributed by atoms with Crippen molar-refractivity contribution in [3.63, 3.8) is 0 Å². The average molecular weight is 388 g/mol. The molecular formula is C18H14ClN3O3S. The summed E-state index contributed by atoms with van der Waals surface area (Å²) in [6.07, 6.45) is 0.413. The quantitative estimate of drug-likeness (QED) is 0.668. The fourth-order valence-corrected chi connectivity index (χ4v) is 2.94. The highest BCUT2D eigenvalue weighted by Gasteiger charge is 2.21. The lowest BCUT2D eigenvalue weighted by molar-refractivity contribution is -0.123. The molecule has 0 saturated carbocycles. The van der Waals surface area contributed by atoms with Crippen LogP contribution in [0.5, 0.6) is 0 Å². The van der Waals surface area contributed by atoms with Crippen molar-refractivity contribution in [2.45, 2.75) is 13.0 Å².